The Morgan fingerprint density at radius 3 is 2.27 bits per heavy atom. The molecule has 0 atom stereocenters. The van der Waals surface area contributed by atoms with Crippen molar-refractivity contribution in [1.29, 1.82) is 0 Å². The van der Waals surface area contributed by atoms with Gasteiger partial charge in [-0.1, -0.05) is 21.9 Å². The molecule has 4 aromatic rings. The third-order valence-corrected chi connectivity index (χ3v) is 4.74. The molecule has 3 heterocycles. The number of anilines is 1. The number of rotatable bonds is 3. The molecule has 1 amide bonds. The van der Waals surface area contributed by atoms with E-state index in [1.807, 2.05) is 17.7 Å². The number of benzene rings is 1. The summed E-state index contributed by atoms with van der Waals surface area (Å²) in [5, 5.41) is 4.14. The number of pyridine rings is 2. The Hall–Kier alpha value is -3.35. The van der Waals surface area contributed by atoms with Gasteiger partial charge < -0.3 is 9.88 Å². The Morgan fingerprint density at radius 2 is 1.63 bits per heavy atom. The monoisotopic (exact) mass is 387 g/mol. The van der Waals surface area contributed by atoms with Crippen LogP contribution in [0.15, 0.2) is 37.1 Å². The van der Waals surface area contributed by atoms with E-state index in [0.717, 1.165) is 16.5 Å². The number of aromatic nitrogens is 4. The average Bonchev–Trinajstić information content (AvgIpc) is 3.16. The topological polar surface area (TPSA) is 72.7 Å². The van der Waals surface area contributed by atoms with E-state index in [1.165, 1.54) is 0 Å². The van der Waals surface area contributed by atoms with Gasteiger partial charge in [0.05, 0.1) is 23.9 Å². The van der Waals surface area contributed by atoms with E-state index in [4.69, 9.17) is 31.4 Å². The molecule has 8 radical (unpaired) electrons. The highest BCUT2D eigenvalue weighted by molar-refractivity contribution is 6.59. The van der Waals surface area contributed by atoms with Gasteiger partial charge in [-0.25, -0.2) is 14.4 Å². The molecule has 136 valence electrons. The molecule has 0 spiro atoms. The Bertz CT molecular complexity index is 1300. The van der Waals surface area contributed by atoms with Crippen molar-refractivity contribution in [2.75, 3.05) is 5.32 Å². The number of nitrogens with one attached hydrogen (secondary N) is 1. The van der Waals surface area contributed by atoms with Crippen LogP contribution in [-0.4, -0.2) is 56.8 Å². The van der Waals surface area contributed by atoms with Crippen molar-refractivity contribution < 1.29 is 9.18 Å². The van der Waals surface area contributed by atoms with Crippen LogP contribution in [0, 0.1) is 5.82 Å². The fraction of sp³-hybridized carbons (Fsp3) is 0.0526. The summed E-state index contributed by atoms with van der Waals surface area (Å²) >= 11 is 0. The second-order valence-electron chi connectivity index (χ2n) is 6.67. The second-order valence-corrected chi connectivity index (χ2v) is 6.67. The first-order valence-electron chi connectivity index (χ1n) is 8.73. The minimum Gasteiger partial charge on any atom is -0.332 e. The minimum absolute atomic E-state index is 0.210. The molecule has 6 nitrogen and oxygen atoms in total. The van der Waals surface area contributed by atoms with Crippen LogP contribution in [-0.2, 0) is 7.05 Å². The summed E-state index contributed by atoms with van der Waals surface area (Å²) in [6.45, 7) is 0. The van der Waals surface area contributed by atoms with E-state index in [0.29, 0.717) is 5.69 Å². The highest BCUT2D eigenvalue weighted by Crippen LogP contribution is 2.22. The van der Waals surface area contributed by atoms with Gasteiger partial charge in [0.1, 0.15) is 43.0 Å². The van der Waals surface area contributed by atoms with Crippen molar-refractivity contribution in [3.8, 4) is 11.4 Å². The number of imidazole rings is 1. The lowest BCUT2D eigenvalue weighted by molar-refractivity contribution is 0.102. The molecule has 0 saturated carbocycles. The fourth-order valence-corrected chi connectivity index (χ4v) is 3.07. The zero-order valence-corrected chi connectivity index (χ0v) is 15.8. The molecule has 0 aliphatic heterocycles. The zero-order valence-electron chi connectivity index (χ0n) is 15.8. The number of carbonyl (C=O) groups is 1. The second kappa shape index (κ2) is 7.48. The van der Waals surface area contributed by atoms with Gasteiger partial charge in [0.25, 0.3) is 5.91 Å². The van der Waals surface area contributed by atoms with Gasteiger partial charge in [-0.05, 0) is 17.5 Å². The van der Waals surface area contributed by atoms with Crippen molar-refractivity contribution in [2.24, 2.45) is 7.05 Å². The largest absolute Gasteiger partial charge is 0.332 e. The molecule has 11 heteroatoms. The molecule has 30 heavy (non-hydrogen) atoms. The molecule has 1 aromatic carbocycles. The standard InChI is InChI=1S/C19H10B4FN5O/c1-29-7-25-6-11(29)10-2-8-3-12(27-5-9(8)4-26-10)28-19(30)13-14(20)16(22)18(24)17(23)15(13)21/h2-7H,1H3,(H,27,28,30). The predicted molar refractivity (Wildman–Crippen MR) is 118 cm³/mol. The summed E-state index contributed by atoms with van der Waals surface area (Å²) in [7, 11) is 24.6. The van der Waals surface area contributed by atoms with Gasteiger partial charge in [-0.3, -0.25) is 9.78 Å². The summed E-state index contributed by atoms with van der Waals surface area (Å²) in [4.78, 5) is 25.4. The molecule has 0 aliphatic carbocycles. The van der Waals surface area contributed by atoms with Crippen molar-refractivity contribution in [2.45, 2.75) is 0 Å². The Morgan fingerprint density at radius 1 is 0.967 bits per heavy atom. The maximum absolute atomic E-state index is 13.9. The van der Waals surface area contributed by atoms with Gasteiger partial charge in [-0.2, -0.15) is 0 Å². The molecule has 0 unspecified atom stereocenters. The Labute approximate surface area is 177 Å². The van der Waals surface area contributed by atoms with Crippen molar-refractivity contribution in [3.05, 3.63) is 48.4 Å². The molecule has 3 aromatic heterocycles. The first-order chi connectivity index (χ1) is 14.3. The van der Waals surface area contributed by atoms with Crippen LogP contribution in [0.2, 0.25) is 0 Å². The van der Waals surface area contributed by atoms with Crippen LogP contribution in [0.1, 0.15) is 10.4 Å². The van der Waals surface area contributed by atoms with Gasteiger partial charge in [0.15, 0.2) is 0 Å². The molecule has 0 bridgehead atoms. The molecular formula is C19H10B4FN5O. The van der Waals surface area contributed by atoms with Crippen LogP contribution in [0.4, 0.5) is 10.2 Å². The van der Waals surface area contributed by atoms with E-state index in [1.54, 1.807) is 31.0 Å². The van der Waals surface area contributed by atoms with E-state index in [-0.39, 0.29) is 22.3 Å². The van der Waals surface area contributed by atoms with Crippen molar-refractivity contribution in [3.63, 3.8) is 0 Å². The fourth-order valence-electron chi connectivity index (χ4n) is 3.07. The smallest absolute Gasteiger partial charge is 0.255 e. The lowest BCUT2D eigenvalue weighted by Gasteiger charge is -2.18. The molecule has 0 fully saturated rings. The maximum atomic E-state index is 13.9. The van der Waals surface area contributed by atoms with Gasteiger partial charge in [0, 0.05) is 30.4 Å². The number of hydrogen-bond donors (Lipinski definition) is 1. The summed E-state index contributed by atoms with van der Waals surface area (Å²) < 4.78 is 15.8. The number of halogens is 1. The predicted octanol–water partition coefficient (Wildman–Crippen LogP) is -1.40. The quantitative estimate of drug-likeness (QED) is 0.440. The lowest BCUT2D eigenvalue weighted by atomic mass is 9.66. The van der Waals surface area contributed by atoms with E-state index in [9.17, 15) is 9.18 Å². The van der Waals surface area contributed by atoms with E-state index >= 15 is 0 Å². The van der Waals surface area contributed by atoms with Crippen LogP contribution in [0.3, 0.4) is 0 Å². The first-order valence-corrected chi connectivity index (χ1v) is 8.73. The number of carbonyl (C=O) groups excluding carboxylic acids is 1. The molecule has 1 N–H and O–H groups in total. The number of amides is 1. The third kappa shape index (κ3) is 3.30. The molecular weight excluding hydrogens is 376 g/mol. The average molecular weight is 387 g/mol. The number of hydrogen-bond acceptors (Lipinski definition) is 4. The minimum atomic E-state index is -0.958. The first kappa shape index (κ1) is 19.9. The summed E-state index contributed by atoms with van der Waals surface area (Å²) in [5.41, 5.74) is -0.134. The van der Waals surface area contributed by atoms with Crippen LogP contribution in [0.5, 0.6) is 0 Å². The van der Waals surface area contributed by atoms with Crippen LogP contribution < -0.4 is 27.2 Å². The van der Waals surface area contributed by atoms with E-state index < -0.39 is 22.7 Å². The van der Waals surface area contributed by atoms with Crippen LogP contribution >= 0.6 is 0 Å². The van der Waals surface area contributed by atoms with Crippen LogP contribution in [0.25, 0.3) is 22.2 Å². The number of aryl methyl sites for hydroxylation is 1. The maximum Gasteiger partial charge on any atom is 0.255 e. The third-order valence-electron chi connectivity index (χ3n) is 4.74. The SMILES string of the molecule is [B]c1c([B])c(C(=O)Nc2cc3cc(-c4cncn4C)ncc3cn2)c([B])c([B])c1F. The summed E-state index contributed by atoms with van der Waals surface area (Å²) in [6.07, 6.45) is 6.61. The van der Waals surface area contributed by atoms with Crippen molar-refractivity contribution in [1.82, 2.24) is 19.5 Å². The van der Waals surface area contributed by atoms with E-state index in [2.05, 4.69) is 20.3 Å². The number of fused-ring (bicyclic) bond motifs is 1. The zero-order chi connectivity index (χ0) is 21.6. The van der Waals surface area contributed by atoms with Gasteiger partial charge >= 0.3 is 0 Å². The molecule has 0 saturated heterocycles. The van der Waals surface area contributed by atoms with Gasteiger partial charge in [0.2, 0.25) is 0 Å². The molecule has 4 rings (SSSR count). The summed E-state index contributed by atoms with van der Waals surface area (Å²) in [6, 6.07) is 3.51. The Balaban J connectivity index is 1.71. The van der Waals surface area contributed by atoms with Gasteiger partial charge in [-0.15, -0.1) is 0 Å². The highest BCUT2D eigenvalue weighted by Gasteiger charge is 2.19. The Kier molecular flexibility index (Phi) is 4.97. The van der Waals surface area contributed by atoms with Crippen molar-refractivity contribution >= 4 is 75.7 Å². The highest BCUT2D eigenvalue weighted by atomic mass is 19.1. The summed E-state index contributed by atoms with van der Waals surface area (Å²) in [5.74, 6) is -1.44. The number of nitrogens with zero attached hydrogens (tertiary/aromatic N) is 4. The lowest BCUT2D eigenvalue weighted by Crippen LogP contribution is -2.49. The molecule has 0 aliphatic rings. The normalized spacial score (nSPS) is 11.0.